The Morgan fingerprint density at radius 3 is 2.72 bits per heavy atom. The van der Waals surface area contributed by atoms with E-state index in [-0.39, 0.29) is 11.4 Å². The maximum Gasteiger partial charge on any atom is 0.161 e. The molecule has 98 valence electrons. The first-order chi connectivity index (χ1) is 8.58. The number of benzene rings is 1. The fraction of sp³-hybridized carbons (Fsp3) is 0.500. The molecule has 1 aromatic carbocycles. The number of nitrogens with zero attached hydrogens (tertiary/aromatic N) is 1. The van der Waals surface area contributed by atoms with Crippen molar-refractivity contribution in [2.75, 3.05) is 11.1 Å². The van der Waals surface area contributed by atoms with Crippen molar-refractivity contribution in [3.63, 3.8) is 0 Å². The van der Waals surface area contributed by atoms with Crippen LogP contribution >= 0.6 is 11.8 Å². The molecule has 1 aliphatic rings. The molecule has 1 N–H and O–H groups in total. The lowest BCUT2D eigenvalue weighted by molar-refractivity contribution is 0.456. The van der Waals surface area contributed by atoms with Crippen LogP contribution in [-0.4, -0.2) is 16.5 Å². The van der Waals surface area contributed by atoms with Crippen LogP contribution in [0.4, 0.5) is 10.1 Å². The minimum Gasteiger partial charge on any atom is -0.333 e. The fourth-order valence-electron chi connectivity index (χ4n) is 2.01. The van der Waals surface area contributed by atoms with E-state index >= 15 is 0 Å². The van der Waals surface area contributed by atoms with Gasteiger partial charge in [-0.25, -0.2) is 4.39 Å². The Kier molecular flexibility index (Phi) is 3.95. The maximum atomic E-state index is 13.7. The Bertz CT molecular complexity index is 467. The van der Waals surface area contributed by atoms with Gasteiger partial charge < -0.3 is 5.32 Å². The maximum absolute atomic E-state index is 13.7. The highest BCUT2D eigenvalue weighted by Crippen LogP contribution is 2.34. The van der Waals surface area contributed by atoms with Crippen molar-refractivity contribution in [2.24, 2.45) is 4.99 Å². The van der Waals surface area contributed by atoms with E-state index in [1.807, 2.05) is 13.0 Å². The highest BCUT2D eigenvalue weighted by atomic mass is 32.2. The predicted octanol–water partition coefficient (Wildman–Crippen LogP) is 4.21. The number of hydrogen-bond donors (Lipinski definition) is 1. The Morgan fingerprint density at radius 1 is 1.39 bits per heavy atom. The van der Waals surface area contributed by atoms with Crippen LogP contribution in [0, 0.1) is 12.7 Å². The van der Waals surface area contributed by atoms with Crippen molar-refractivity contribution in [1.82, 2.24) is 0 Å². The number of nitrogens with one attached hydrogen (secondary N) is 1. The first-order valence-corrected chi connectivity index (χ1v) is 7.33. The second kappa shape index (κ2) is 5.31. The van der Waals surface area contributed by atoms with Gasteiger partial charge in [-0.15, -0.1) is 0 Å². The van der Waals surface area contributed by atoms with Gasteiger partial charge in [0.25, 0.3) is 0 Å². The molecule has 2 rings (SSSR count). The molecule has 0 bridgehead atoms. The van der Waals surface area contributed by atoms with E-state index in [4.69, 9.17) is 4.99 Å². The molecule has 0 atom stereocenters. The summed E-state index contributed by atoms with van der Waals surface area (Å²) in [6.45, 7) is 6.27. The minimum atomic E-state index is -0.227. The molecular weight excluding hydrogens is 247 g/mol. The fourth-order valence-corrected chi connectivity index (χ4v) is 3.33. The van der Waals surface area contributed by atoms with Crippen LogP contribution in [0.5, 0.6) is 0 Å². The second-order valence-corrected chi connectivity index (χ2v) is 5.71. The minimum absolute atomic E-state index is 0.0350. The third-order valence-corrected chi connectivity index (χ3v) is 4.64. The molecule has 0 aliphatic carbocycles. The van der Waals surface area contributed by atoms with Crippen LogP contribution in [0.2, 0.25) is 0 Å². The van der Waals surface area contributed by atoms with Crippen LogP contribution < -0.4 is 5.32 Å². The molecule has 0 unspecified atom stereocenters. The molecular formula is C14H19FN2S. The SMILES string of the molecule is CCC1(CC)CSC(Nc2cc(C)ccc2F)=N1. The molecule has 1 heterocycles. The van der Waals surface area contributed by atoms with Gasteiger partial charge in [0.05, 0.1) is 11.2 Å². The van der Waals surface area contributed by atoms with E-state index in [9.17, 15) is 4.39 Å². The van der Waals surface area contributed by atoms with Crippen LogP contribution in [-0.2, 0) is 0 Å². The van der Waals surface area contributed by atoms with Gasteiger partial charge in [-0.05, 0) is 37.5 Å². The summed E-state index contributed by atoms with van der Waals surface area (Å²) in [5, 5.41) is 3.95. The summed E-state index contributed by atoms with van der Waals surface area (Å²) in [5.74, 6) is 0.755. The molecule has 0 radical (unpaired) electrons. The Morgan fingerprint density at radius 2 is 2.11 bits per heavy atom. The summed E-state index contributed by atoms with van der Waals surface area (Å²) in [6.07, 6.45) is 2.05. The Labute approximate surface area is 112 Å². The third kappa shape index (κ3) is 2.69. The largest absolute Gasteiger partial charge is 0.333 e. The quantitative estimate of drug-likeness (QED) is 0.886. The van der Waals surface area contributed by atoms with Crippen LogP contribution in [0.25, 0.3) is 0 Å². The van der Waals surface area contributed by atoms with Crippen LogP contribution in [0.15, 0.2) is 23.2 Å². The number of rotatable bonds is 3. The van der Waals surface area contributed by atoms with Gasteiger partial charge in [0, 0.05) is 5.75 Å². The zero-order chi connectivity index (χ0) is 13.2. The van der Waals surface area contributed by atoms with E-state index in [0.29, 0.717) is 5.69 Å². The number of hydrogen-bond acceptors (Lipinski definition) is 3. The first kappa shape index (κ1) is 13.4. The van der Waals surface area contributed by atoms with E-state index in [1.54, 1.807) is 17.8 Å². The van der Waals surface area contributed by atoms with Gasteiger partial charge in [0.15, 0.2) is 5.17 Å². The third-order valence-electron chi connectivity index (χ3n) is 3.50. The molecule has 4 heteroatoms. The summed E-state index contributed by atoms with van der Waals surface area (Å²) in [5.41, 5.74) is 1.59. The molecule has 0 aromatic heterocycles. The summed E-state index contributed by atoms with van der Waals surface area (Å²) < 4.78 is 13.7. The van der Waals surface area contributed by atoms with Crippen molar-refractivity contribution >= 4 is 22.6 Å². The molecule has 18 heavy (non-hydrogen) atoms. The monoisotopic (exact) mass is 266 g/mol. The molecule has 0 saturated heterocycles. The van der Waals surface area contributed by atoms with Crippen molar-refractivity contribution in [3.05, 3.63) is 29.6 Å². The molecule has 1 aliphatic heterocycles. The highest BCUT2D eigenvalue weighted by molar-refractivity contribution is 8.14. The second-order valence-electron chi connectivity index (χ2n) is 4.75. The molecule has 0 fully saturated rings. The average molecular weight is 266 g/mol. The van der Waals surface area contributed by atoms with E-state index in [1.165, 1.54) is 6.07 Å². The lowest BCUT2D eigenvalue weighted by Gasteiger charge is -2.20. The van der Waals surface area contributed by atoms with E-state index in [2.05, 4.69) is 19.2 Å². The number of thioether (sulfide) groups is 1. The van der Waals surface area contributed by atoms with Gasteiger partial charge in [-0.3, -0.25) is 4.99 Å². The molecule has 1 aromatic rings. The molecule has 2 nitrogen and oxygen atoms in total. The summed E-state index contributed by atoms with van der Waals surface area (Å²) in [7, 11) is 0. The van der Waals surface area contributed by atoms with Crippen LogP contribution in [0.1, 0.15) is 32.3 Å². The summed E-state index contributed by atoms with van der Waals surface area (Å²) in [4.78, 5) is 4.72. The van der Waals surface area contributed by atoms with Gasteiger partial charge in [-0.1, -0.05) is 31.7 Å². The van der Waals surface area contributed by atoms with Crippen molar-refractivity contribution in [2.45, 2.75) is 39.2 Å². The number of anilines is 1. The normalized spacial score (nSPS) is 17.7. The smallest absolute Gasteiger partial charge is 0.161 e. The van der Waals surface area contributed by atoms with Gasteiger partial charge in [0.1, 0.15) is 5.82 Å². The lowest BCUT2D eigenvalue weighted by atomic mass is 9.97. The van der Waals surface area contributed by atoms with Crippen molar-refractivity contribution in [3.8, 4) is 0 Å². The van der Waals surface area contributed by atoms with Gasteiger partial charge in [0.2, 0.25) is 0 Å². The highest BCUT2D eigenvalue weighted by Gasteiger charge is 2.32. The van der Waals surface area contributed by atoms with Crippen LogP contribution in [0.3, 0.4) is 0 Å². The van der Waals surface area contributed by atoms with Crippen molar-refractivity contribution in [1.29, 1.82) is 0 Å². The zero-order valence-electron chi connectivity index (χ0n) is 11.1. The lowest BCUT2D eigenvalue weighted by Crippen LogP contribution is -2.24. The topological polar surface area (TPSA) is 24.4 Å². The molecule has 0 amide bonds. The standard InChI is InChI=1S/C14H19FN2S/c1-4-14(5-2)9-18-13(17-14)16-12-8-10(3)6-7-11(12)15/h6-8H,4-5,9H2,1-3H3,(H,16,17). The predicted molar refractivity (Wildman–Crippen MR) is 78.0 cm³/mol. The molecule has 0 spiro atoms. The number of amidine groups is 1. The first-order valence-electron chi connectivity index (χ1n) is 6.34. The van der Waals surface area contributed by atoms with Gasteiger partial charge >= 0.3 is 0 Å². The van der Waals surface area contributed by atoms with Gasteiger partial charge in [-0.2, -0.15) is 0 Å². The van der Waals surface area contributed by atoms with Crippen molar-refractivity contribution < 1.29 is 4.39 Å². The number of aliphatic imine (C=N–C) groups is 1. The molecule has 0 saturated carbocycles. The Hall–Kier alpha value is -1.03. The van der Waals surface area contributed by atoms with E-state index in [0.717, 1.165) is 29.3 Å². The number of halogens is 1. The average Bonchev–Trinajstić information content (AvgIpc) is 2.78. The number of aryl methyl sites for hydroxylation is 1. The van der Waals surface area contributed by atoms with E-state index < -0.39 is 0 Å². The summed E-state index contributed by atoms with van der Waals surface area (Å²) >= 11 is 1.68. The summed E-state index contributed by atoms with van der Waals surface area (Å²) in [6, 6.07) is 5.08. The Balaban J connectivity index is 2.18. The zero-order valence-corrected chi connectivity index (χ0v) is 11.9.